The zero-order valence-electron chi connectivity index (χ0n) is 14.8. The molecule has 1 aliphatic heterocycles. The zero-order valence-corrected chi connectivity index (χ0v) is 14.8. The number of hydrogen-bond donors (Lipinski definition) is 1. The third kappa shape index (κ3) is 9.38. The standard InChI is InChI=1S/C17H34N2O3/c1-5-16(20)18-13-15-14-19(9-12-22-15)8-11-21-10-6-7-17(2,3)4/h15H,5-14H2,1-4H3,(H,18,20). The van der Waals surface area contributed by atoms with Gasteiger partial charge in [-0.25, -0.2) is 0 Å². The molecule has 0 bridgehead atoms. The monoisotopic (exact) mass is 314 g/mol. The molecule has 130 valence electrons. The summed E-state index contributed by atoms with van der Waals surface area (Å²) in [6.45, 7) is 14.4. The van der Waals surface area contributed by atoms with Gasteiger partial charge in [0, 0.05) is 39.2 Å². The molecular formula is C17H34N2O3. The highest BCUT2D eigenvalue weighted by Crippen LogP contribution is 2.20. The van der Waals surface area contributed by atoms with E-state index in [1.807, 2.05) is 6.92 Å². The maximum atomic E-state index is 11.3. The third-order valence-electron chi connectivity index (χ3n) is 3.84. The van der Waals surface area contributed by atoms with Crippen molar-refractivity contribution in [2.45, 2.75) is 53.1 Å². The van der Waals surface area contributed by atoms with Crippen LogP contribution in [0.15, 0.2) is 0 Å². The Balaban J connectivity index is 2.07. The molecule has 0 aromatic rings. The summed E-state index contributed by atoms with van der Waals surface area (Å²) in [4.78, 5) is 13.6. The maximum absolute atomic E-state index is 11.3. The second-order valence-electron chi connectivity index (χ2n) is 7.23. The summed E-state index contributed by atoms with van der Waals surface area (Å²) >= 11 is 0. The zero-order chi connectivity index (χ0) is 16.4. The smallest absolute Gasteiger partial charge is 0.219 e. The van der Waals surface area contributed by atoms with E-state index in [4.69, 9.17) is 9.47 Å². The van der Waals surface area contributed by atoms with Crippen molar-refractivity contribution < 1.29 is 14.3 Å². The lowest BCUT2D eigenvalue weighted by atomic mass is 9.91. The number of carbonyl (C=O) groups excluding carboxylic acids is 1. The highest BCUT2D eigenvalue weighted by atomic mass is 16.5. The highest BCUT2D eigenvalue weighted by molar-refractivity contribution is 5.75. The molecule has 1 fully saturated rings. The second kappa shape index (κ2) is 10.2. The first-order valence-electron chi connectivity index (χ1n) is 8.59. The van der Waals surface area contributed by atoms with Crippen LogP contribution in [0.2, 0.25) is 0 Å². The summed E-state index contributed by atoms with van der Waals surface area (Å²) in [5.41, 5.74) is 0.393. The largest absolute Gasteiger partial charge is 0.380 e. The van der Waals surface area contributed by atoms with E-state index < -0.39 is 0 Å². The summed E-state index contributed by atoms with van der Waals surface area (Å²) < 4.78 is 11.4. The van der Waals surface area contributed by atoms with Crippen LogP contribution in [0, 0.1) is 5.41 Å². The lowest BCUT2D eigenvalue weighted by Crippen LogP contribution is -2.48. The van der Waals surface area contributed by atoms with E-state index in [9.17, 15) is 4.79 Å². The molecule has 5 nitrogen and oxygen atoms in total. The fourth-order valence-electron chi connectivity index (χ4n) is 2.46. The number of rotatable bonds is 9. The van der Waals surface area contributed by atoms with Gasteiger partial charge in [0.15, 0.2) is 0 Å². The molecule has 0 aromatic heterocycles. The molecule has 1 atom stereocenters. The Hall–Kier alpha value is -0.650. The topological polar surface area (TPSA) is 50.8 Å². The molecule has 1 saturated heterocycles. The van der Waals surface area contributed by atoms with Crippen molar-refractivity contribution in [3.05, 3.63) is 0 Å². The summed E-state index contributed by atoms with van der Waals surface area (Å²) in [7, 11) is 0. The van der Waals surface area contributed by atoms with Crippen molar-refractivity contribution in [2.24, 2.45) is 5.41 Å². The number of ether oxygens (including phenoxy) is 2. The molecular weight excluding hydrogens is 280 g/mol. The highest BCUT2D eigenvalue weighted by Gasteiger charge is 2.20. The molecule has 1 unspecified atom stereocenters. The van der Waals surface area contributed by atoms with E-state index in [-0.39, 0.29) is 12.0 Å². The van der Waals surface area contributed by atoms with Crippen molar-refractivity contribution in [2.75, 3.05) is 46.0 Å². The predicted molar refractivity (Wildman–Crippen MR) is 89.0 cm³/mol. The number of hydrogen-bond acceptors (Lipinski definition) is 4. The summed E-state index contributed by atoms with van der Waals surface area (Å²) in [5.74, 6) is 0.0860. The van der Waals surface area contributed by atoms with Crippen molar-refractivity contribution in [1.82, 2.24) is 10.2 Å². The van der Waals surface area contributed by atoms with Crippen LogP contribution in [0.4, 0.5) is 0 Å². The van der Waals surface area contributed by atoms with Crippen LogP contribution in [0.5, 0.6) is 0 Å². The van der Waals surface area contributed by atoms with Gasteiger partial charge in [0.25, 0.3) is 0 Å². The Morgan fingerprint density at radius 2 is 2.14 bits per heavy atom. The summed E-state index contributed by atoms with van der Waals surface area (Å²) in [5, 5.41) is 2.90. The van der Waals surface area contributed by atoms with Crippen LogP contribution < -0.4 is 5.32 Å². The van der Waals surface area contributed by atoms with Gasteiger partial charge in [-0.1, -0.05) is 27.7 Å². The summed E-state index contributed by atoms with van der Waals surface area (Å²) in [6, 6.07) is 0. The van der Waals surface area contributed by atoms with Crippen LogP contribution in [0.25, 0.3) is 0 Å². The molecule has 0 radical (unpaired) electrons. The van der Waals surface area contributed by atoms with Crippen LogP contribution in [-0.2, 0) is 14.3 Å². The van der Waals surface area contributed by atoms with Crippen molar-refractivity contribution >= 4 is 5.91 Å². The Labute approximate surface area is 135 Å². The number of carbonyl (C=O) groups is 1. The van der Waals surface area contributed by atoms with Gasteiger partial charge in [-0.3, -0.25) is 9.69 Å². The van der Waals surface area contributed by atoms with Crippen LogP contribution >= 0.6 is 0 Å². The first-order chi connectivity index (χ1) is 10.4. The van der Waals surface area contributed by atoms with Crippen molar-refractivity contribution in [3.8, 4) is 0 Å². The van der Waals surface area contributed by atoms with Gasteiger partial charge in [0.2, 0.25) is 5.91 Å². The molecule has 1 amide bonds. The molecule has 0 aromatic carbocycles. The van der Waals surface area contributed by atoms with E-state index in [2.05, 4.69) is 31.0 Å². The molecule has 1 aliphatic rings. The molecule has 0 spiro atoms. The number of amides is 1. The minimum atomic E-state index is 0.0860. The minimum absolute atomic E-state index is 0.0860. The number of nitrogens with zero attached hydrogens (tertiary/aromatic N) is 1. The molecule has 1 rings (SSSR count). The maximum Gasteiger partial charge on any atom is 0.219 e. The van der Waals surface area contributed by atoms with E-state index in [0.717, 1.165) is 45.9 Å². The van der Waals surface area contributed by atoms with Gasteiger partial charge in [-0.05, 0) is 18.3 Å². The predicted octanol–water partition coefficient (Wildman–Crippen LogP) is 2.06. The molecule has 5 heteroatoms. The van der Waals surface area contributed by atoms with E-state index in [1.165, 1.54) is 6.42 Å². The number of nitrogens with one attached hydrogen (secondary N) is 1. The van der Waals surface area contributed by atoms with Crippen LogP contribution in [0.3, 0.4) is 0 Å². The van der Waals surface area contributed by atoms with Gasteiger partial charge in [-0.15, -0.1) is 0 Å². The van der Waals surface area contributed by atoms with E-state index in [0.29, 0.717) is 18.4 Å². The van der Waals surface area contributed by atoms with E-state index >= 15 is 0 Å². The molecule has 0 aliphatic carbocycles. The van der Waals surface area contributed by atoms with Crippen LogP contribution in [0.1, 0.15) is 47.0 Å². The normalized spacial score (nSPS) is 20.1. The number of morpholine rings is 1. The van der Waals surface area contributed by atoms with Crippen LogP contribution in [-0.4, -0.2) is 62.9 Å². The Kier molecular flexibility index (Phi) is 8.98. The first-order valence-corrected chi connectivity index (χ1v) is 8.59. The van der Waals surface area contributed by atoms with Crippen molar-refractivity contribution in [3.63, 3.8) is 0 Å². The van der Waals surface area contributed by atoms with Gasteiger partial charge < -0.3 is 14.8 Å². The Bertz CT molecular complexity index is 316. The van der Waals surface area contributed by atoms with Gasteiger partial charge >= 0.3 is 0 Å². The third-order valence-corrected chi connectivity index (χ3v) is 3.84. The molecule has 1 N–H and O–H groups in total. The average Bonchev–Trinajstić information content (AvgIpc) is 2.47. The summed E-state index contributed by atoms with van der Waals surface area (Å²) in [6.07, 6.45) is 2.95. The Morgan fingerprint density at radius 1 is 1.36 bits per heavy atom. The van der Waals surface area contributed by atoms with Gasteiger partial charge in [0.1, 0.15) is 0 Å². The first kappa shape index (κ1) is 19.4. The second-order valence-corrected chi connectivity index (χ2v) is 7.23. The van der Waals surface area contributed by atoms with Gasteiger partial charge in [0.05, 0.1) is 19.3 Å². The molecule has 0 saturated carbocycles. The molecule has 1 heterocycles. The fourth-order valence-corrected chi connectivity index (χ4v) is 2.46. The average molecular weight is 314 g/mol. The lowest BCUT2D eigenvalue weighted by molar-refractivity contribution is -0.122. The van der Waals surface area contributed by atoms with Gasteiger partial charge in [-0.2, -0.15) is 0 Å². The Morgan fingerprint density at radius 3 is 2.82 bits per heavy atom. The van der Waals surface area contributed by atoms with Crippen molar-refractivity contribution in [1.29, 1.82) is 0 Å². The lowest BCUT2D eigenvalue weighted by Gasteiger charge is -2.32. The molecule has 22 heavy (non-hydrogen) atoms. The quantitative estimate of drug-likeness (QED) is 0.662. The fraction of sp³-hybridized carbons (Fsp3) is 0.941. The minimum Gasteiger partial charge on any atom is -0.380 e. The SMILES string of the molecule is CCC(=O)NCC1CN(CCOCCCC(C)(C)C)CCO1. The van der Waals surface area contributed by atoms with E-state index in [1.54, 1.807) is 0 Å².